The Balaban J connectivity index is 2.01. The van der Waals surface area contributed by atoms with Crippen molar-refractivity contribution in [1.29, 1.82) is 0 Å². The first kappa shape index (κ1) is 21.9. The molecule has 0 amide bonds. The molecule has 4 aliphatic carbocycles. The van der Waals surface area contributed by atoms with Crippen LogP contribution < -0.4 is 0 Å². The lowest BCUT2D eigenvalue weighted by Crippen LogP contribution is -2.83. The second-order valence-electron chi connectivity index (χ2n) is 9.49. The highest BCUT2D eigenvalue weighted by Gasteiger charge is 2.94. The van der Waals surface area contributed by atoms with Crippen molar-refractivity contribution in [2.75, 3.05) is 0 Å². The third kappa shape index (κ3) is 1.93. The van der Waals surface area contributed by atoms with E-state index in [0.29, 0.717) is 5.57 Å². The number of hydrogen-bond acceptors (Lipinski definition) is 11. The molecule has 0 spiro atoms. The second kappa shape index (κ2) is 5.55. The lowest BCUT2D eigenvalue weighted by molar-refractivity contribution is -0.466. The predicted octanol–water partition coefficient (Wildman–Crippen LogP) is -3.49. The van der Waals surface area contributed by atoms with E-state index in [1.807, 2.05) is 0 Å². The van der Waals surface area contributed by atoms with Crippen LogP contribution in [0.2, 0.25) is 0 Å². The molecule has 3 fully saturated rings. The Bertz CT molecular complexity index is 870. The molecule has 0 heterocycles. The quantitative estimate of drug-likeness (QED) is 0.186. The van der Waals surface area contributed by atoms with Gasteiger partial charge in [-0.15, -0.1) is 0 Å². The van der Waals surface area contributed by atoms with E-state index in [0.717, 1.165) is 0 Å². The summed E-state index contributed by atoms with van der Waals surface area (Å²) in [5.74, 6) is -15.7. The van der Waals surface area contributed by atoms with Gasteiger partial charge in [0.05, 0.1) is 0 Å². The minimum atomic E-state index is -4.17. The Labute approximate surface area is 170 Å². The Morgan fingerprint density at radius 2 is 1.53 bits per heavy atom. The Kier molecular flexibility index (Phi) is 4.06. The summed E-state index contributed by atoms with van der Waals surface area (Å²) < 4.78 is 0. The fourth-order valence-corrected chi connectivity index (χ4v) is 6.81. The van der Waals surface area contributed by atoms with E-state index in [9.17, 15) is 55.5 Å². The van der Waals surface area contributed by atoms with Crippen molar-refractivity contribution in [3.8, 4) is 0 Å². The van der Waals surface area contributed by atoms with Gasteiger partial charge in [-0.3, -0.25) is 9.59 Å². The first-order valence-electron chi connectivity index (χ1n) is 9.75. The average molecular weight is 430 g/mol. The molecule has 0 aromatic carbocycles. The van der Waals surface area contributed by atoms with E-state index in [-0.39, 0.29) is 31.5 Å². The third-order valence-electron chi connectivity index (χ3n) is 8.40. The van der Waals surface area contributed by atoms with Crippen LogP contribution in [0.5, 0.6) is 0 Å². The van der Waals surface area contributed by atoms with Crippen LogP contribution in [0, 0.1) is 16.7 Å². The Morgan fingerprint density at radius 1 is 0.933 bits per heavy atom. The van der Waals surface area contributed by atoms with Gasteiger partial charge in [0.1, 0.15) is 5.60 Å². The maximum absolute atomic E-state index is 12.8. The summed E-state index contributed by atoms with van der Waals surface area (Å²) >= 11 is 0. The minimum Gasteiger partial charge on any atom is -0.386 e. The zero-order valence-electron chi connectivity index (χ0n) is 16.2. The highest BCUT2D eigenvalue weighted by Crippen LogP contribution is 2.72. The van der Waals surface area contributed by atoms with E-state index in [4.69, 9.17) is 0 Å². The van der Waals surface area contributed by atoms with Crippen molar-refractivity contribution in [3.05, 3.63) is 11.6 Å². The van der Waals surface area contributed by atoms with E-state index in [1.165, 1.54) is 6.08 Å². The molecule has 0 aromatic heterocycles. The van der Waals surface area contributed by atoms with Crippen LogP contribution in [0.25, 0.3) is 0 Å². The van der Waals surface area contributed by atoms with Crippen molar-refractivity contribution in [2.45, 2.75) is 74.2 Å². The zero-order chi connectivity index (χ0) is 22.8. The molecular formula is C19H26O11. The van der Waals surface area contributed by atoms with Gasteiger partial charge in [-0.1, -0.05) is 12.5 Å². The molecule has 0 radical (unpaired) electrons. The average Bonchev–Trinajstić information content (AvgIpc) is 2.71. The van der Waals surface area contributed by atoms with Gasteiger partial charge in [-0.2, -0.15) is 0 Å². The third-order valence-corrected chi connectivity index (χ3v) is 8.40. The van der Waals surface area contributed by atoms with Crippen LogP contribution in [0.15, 0.2) is 11.6 Å². The molecule has 5 atom stereocenters. The standard InChI is InChI=1S/C19H26O11/c1-13-5-3-10(20)8-9(13)2-7-15(22)11(13)4-6-14(19(28,29)30)12(21)16(23,24)18(26,27)17(14,15)25/h8,11,22-30H,2-7H2,1H3/t11-,13+,14+,15+,17+/m1/s1. The molecule has 0 aliphatic heterocycles. The molecule has 0 bridgehead atoms. The molecule has 3 saturated carbocycles. The summed E-state index contributed by atoms with van der Waals surface area (Å²) in [7, 11) is 0. The minimum absolute atomic E-state index is 0.0307. The molecule has 11 heteroatoms. The number of ketones is 2. The summed E-state index contributed by atoms with van der Waals surface area (Å²) in [6.07, 6.45) is 0.216. The lowest BCUT2D eigenvalue weighted by atomic mass is 9.42. The summed E-state index contributed by atoms with van der Waals surface area (Å²) in [5.41, 5.74) is -10.0. The van der Waals surface area contributed by atoms with Crippen molar-refractivity contribution in [3.63, 3.8) is 0 Å². The number of carbonyl (C=O) groups is 2. The van der Waals surface area contributed by atoms with Gasteiger partial charge >= 0.3 is 0 Å². The molecule has 4 rings (SSSR count). The van der Waals surface area contributed by atoms with E-state index in [2.05, 4.69) is 0 Å². The highest BCUT2D eigenvalue weighted by atomic mass is 16.7. The second-order valence-corrected chi connectivity index (χ2v) is 9.49. The van der Waals surface area contributed by atoms with Gasteiger partial charge in [0.15, 0.2) is 16.8 Å². The van der Waals surface area contributed by atoms with Gasteiger partial charge in [0.25, 0.3) is 17.5 Å². The van der Waals surface area contributed by atoms with Crippen molar-refractivity contribution in [1.82, 2.24) is 0 Å². The summed E-state index contributed by atoms with van der Waals surface area (Å²) in [5, 5.41) is 95.1. The molecule has 0 aromatic rings. The van der Waals surface area contributed by atoms with E-state index in [1.54, 1.807) is 6.92 Å². The molecule has 0 unspecified atom stereocenters. The van der Waals surface area contributed by atoms with Crippen LogP contribution >= 0.6 is 0 Å². The largest absolute Gasteiger partial charge is 0.386 e. The number of hydrogen-bond donors (Lipinski definition) is 9. The lowest BCUT2D eigenvalue weighted by Gasteiger charge is -2.66. The van der Waals surface area contributed by atoms with Gasteiger partial charge in [0.2, 0.25) is 5.78 Å². The molecule has 9 N–H and O–H groups in total. The summed E-state index contributed by atoms with van der Waals surface area (Å²) in [6, 6.07) is 0. The first-order chi connectivity index (χ1) is 13.4. The molecular weight excluding hydrogens is 404 g/mol. The van der Waals surface area contributed by atoms with E-state index >= 15 is 0 Å². The SMILES string of the molecule is C[C@]12CCC(=O)C=C1CC[C@]1(O)[C@@H]2CC[C@]2(C(O)(O)O)C(=O)C(O)(O)C(O)(O)[C@@]12O. The molecule has 4 aliphatic rings. The Morgan fingerprint density at radius 3 is 2.10 bits per heavy atom. The number of aliphatic hydroxyl groups is 9. The number of allylic oxidation sites excluding steroid dienone is 1. The molecule has 30 heavy (non-hydrogen) atoms. The van der Waals surface area contributed by atoms with Gasteiger partial charge in [0, 0.05) is 6.42 Å². The maximum atomic E-state index is 12.8. The fourth-order valence-electron chi connectivity index (χ4n) is 6.81. The molecule has 11 nitrogen and oxygen atoms in total. The van der Waals surface area contributed by atoms with Crippen molar-refractivity contribution in [2.24, 2.45) is 16.7 Å². The van der Waals surface area contributed by atoms with Crippen LogP contribution in [0.3, 0.4) is 0 Å². The van der Waals surface area contributed by atoms with Crippen molar-refractivity contribution >= 4 is 11.6 Å². The number of Topliss-reactive ketones (excluding diaryl/α,β-unsaturated/α-hetero) is 1. The van der Waals surface area contributed by atoms with Gasteiger partial charge < -0.3 is 46.0 Å². The van der Waals surface area contributed by atoms with Crippen molar-refractivity contribution < 1.29 is 55.5 Å². The topological polar surface area (TPSA) is 216 Å². The number of fused-ring (bicyclic) bond motifs is 5. The number of carbonyl (C=O) groups excluding carboxylic acids is 2. The Hall–Kier alpha value is -1.28. The predicted molar refractivity (Wildman–Crippen MR) is 93.5 cm³/mol. The monoisotopic (exact) mass is 430 g/mol. The molecule has 0 saturated heterocycles. The smallest absolute Gasteiger partial charge is 0.292 e. The fraction of sp³-hybridized carbons (Fsp3) is 0.789. The van der Waals surface area contributed by atoms with Crippen LogP contribution in [-0.4, -0.2) is 86.3 Å². The van der Waals surface area contributed by atoms with Gasteiger partial charge in [-0.25, -0.2) is 0 Å². The summed E-state index contributed by atoms with van der Waals surface area (Å²) in [6.45, 7) is 1.69. The zero-order valence-corrected chi connectivity index (χ0v) is 16.2. The van der Waals surface area contributed by atoms with Gasteiger partial charge in [-0.05, 0) is 49.5 Å². The highest BCUT2D eigenvalue weighted by molar-refractivity contribution is 5.98. The van der Waals surface area contributed by atoms with E-state index < -0.39 is 64.1 Å². The first-order valence-corrected chi connectivity index (χ1v) is 9.75. The maximum Gasteiger partial charge on any atom is 0.292 e. The normalized spacial score (nSPS) is 47.3. The van der Waals surface area contributed by atoms with Crippen LogP contribution in [-0.2, 0) is 9.59 Å². The van der Waals surface area contributed by atoms with Crippen LogP contribution in [0.1, 0.15) is 45.4 Å². The molecule has 168 valence electrons. The summed E-state index contributed by atoms with van der Waals surface area (Å²) in [4.78, 5) is 24.7. The van der Waals surface area contributed by atoms with Crippen LogP contribution in [0.4, 0.5) is 0 Å². The number of rotatable bonds is 1.